The van der Waals surface area contributed by atoms with Gasteiger partial charge in [0.2, 0.25) is 0 Å². The fourth-order valence-corrected chi connectivity index (χ4v) is 1.71. The number of alkyl halides is 2. The van der Waals surface area contributed by atoms with Crippen molar-refractivity contribution in [2.45, 2.75) is 10.9 Å². The Morgan fingerprint density at radius 1 is 1.43 bits per heavy atom. The standard InChI is InChI=1S/C9H9BrCl2O2/c1-14-7-4-5(2-3-6(7)10)8(13)9(11)12/h2-4,8-9,13H,1H3. The zero-order valence-electron chi connectivity index (χ0n) is 7.38. The molecule has 2 nitrogen and oxygen atoms in total. The highest BCUT2D eigenvalue weighted by atomic mass is 79.9. The molecule has 0 aromatic heterocycles. The lowest BCUT2D eigenvalue weighted by molar-refractivity contribution is 0.192. The topological polar surface area (TPSA) is 29.5 Å². The van der Waals surface area contributed by atoms with Gasteiger partial charge in [-0.05, 0) is 33.6 Å². The number of methoxy groups -OCH3 is 1. The summed E-state index contributed by atoms with van der Waals surface area (Å²) in [7, 11) is 1.55. The molecule has 0 saturated heterocycles. The summed E-state index contributed by atoms with van der Waals surface area (Å²) in [4.78, 5) is -0.846. The number of aliphatic hydroxyl groups excluding tert-OH is 1. The maximum absolute atomic E-state index is 9.57. The molecule has 0 bridgehead atoms. The van der Waals surface area contributed by atoms with Crippen LogP contribution in [0.25, 0.3) is 0 Å². The zero-order valence-corrected chi connectivity index (χ0v) is 10.5. The molecule has 0 heterocycles. The molecule has 0 fully saturated rings. The predicted octanol–water partition coefficient (Wildman–Crippen LogP) is 3.29. The molecule has 1 aromatic carbocycles. The van der Waals surface area contributed by atoms with Crippen molar-refractivity contribution in [3.05, 3.63) is 28.2 Å². The Hall–Kier alpha value is 0.0400. The Balaban J connectivity index is 3.00. The van der Waals surface area contributed by atoms with Crippen LogP contribution in [0.15, 0.2) is 22.7 Å². The second-order valence-corrected chi connectivity index (χ2v) is 4.69. The molecule has 0 aliphatic heterocycles. The number of ether oxygens (including phenoxy) is 1. The van der Waals surface area contributed by atoms with E-state index in [1.165, 1.54) is 0 Å². The molecule has 0 aliphatic carbocycles. The van der Waals surface area contributed by atoms with Crippen LogP contribution in [-0.2, 0) is 0 Å². The highest BCUT2D eigenvalue weighted by molar-refractivity contribution is 9.10. The molecule has 0 amide bonds. The van der Waals surface area contributed by atoms with Gasteiger partial charge in [-0.2, -0.15) is 0 Å². The number of aliphatic hydroxyl groups is 1. The monoisotopic (exact) mass is 298 g/mol. The van der Waals surface area contributed by atoms with E-state index in [0.29, 0.717) is 11.3 Å². The van der Waals surface area contributed by atoms with E-state index in [0.717, 1.165) is 4.47 Å². The Kier molecular flexibility index (Phi) is 4.51. The quantitative estimate of drug-likeness (QED) is 0.868. The Morgan fingerprint density at radius 3 is 2.57 bits per heavy atom. The van der Waals surface area contributed by atoms with Gasteiger partial charge in [0.15, 0.2) is 0 Å². The van der Waals surface area contributed by atoms with Crippen molar-refractivity contribution < 1.29 is 9.84 Å². The maximum atomic E-state index is 9.57. The van der Waals surface area contributed by atoms with Crippen LogP contribution in [0, 0.1) is 0 Å². The van der Waals surface area contributed by atoms with Crippen molar-refractivity contribution in [3.63, 3.8) is 0 Å². The van der Waals surface area contributed by atoms with Gasteiger partial charge in [-0.15, -0.1) is 23.2 Å². The van der Waals surface area contributed by atoms with Crippen molar-refractivity contribution >= 4 is 39.1 Å². The first-order valence-corrected chi connectivity index (χ1v) is 5.52. The highest BCUT2D eigenvalue weighted by Crippen LogP contribution is 2.31. The molecule has 1 rings (SSSR count). The molecular weight excluding hydrogens is 291 g/mol. The van der Waals surface area contributed by atoms with E-state index < -0.39 is 10.9 Å². The molecule has 1 aromatic rings. The Bertz CT molecular complexity index is 318. The fourth-order valence-electron chi connectivity index (χ4n) is 1.01. The third kappa shape index (κ3) is 2.76. The molecule has 0 aliphatic rings. The Morgan fingerprint density at radius 2 is 2.07 bits per heavy atom. The molecule has 0 spiro atoms. The minimum atomic E-state index is -0.902. The Labute approximate surface area is 101 Å². The van der Waals surface area contributed by atoms with Gasteiger partial charge in [0.25, 0.3) is 0 Å². The summed E-state index contributed by atoms with van der Waals surface area (Å²) in [5, 5.41) is 9.57. The second kappa shape index (κ2) is 5.21. The lowest BCUT2D eigenvalue weighted by Crippen LogP contribution is -2.06. The van der Waals surface area contributed by atoms with Crippen LogP contribution in [-0.4, -0.2) is 17.1 Å². The van der Waals surface area contributed by atoms with Crippen LogP contribution in [0.4, 0.5) is 0 Å². The highest BCUT2D eigenvalue weighted by Gasteiger charge is 2.16. The summed E-state index contributed by atoms with van der Waals surface area (Å²) in [6, 6.07) is 5.19. The first-order chi connectivity index (χ1) is 6.56. The second-order valence-electron chi connectivity index (χ2n) is 2.67. The van der Waals surface area contributed by atoms with Crippen LogP contribution in [0.2, 0.25) is 0 Å². The molecule has 1 N–H and O–H groups in total. The van der Waals surface area contributed by atoms with Crippen molar-refractivity contribution in [3.8, 4) is 5.75 Å². The summed E-state index contributed by atoms with van der Waals surface area (Å²) in [5.74, 6) is 0.635. The minimum Gasteiger partial charge on any atom is -0.496 e. The number of benzene rings is 1. The van der Waals surface area contributed by atoms with Gasteiger partial charge in [-0.25, -0.2) is 0 Å². The number of hydrogen-bond acceptors (Lipinski definition) is 2. The maximum Gasteiger partial charge on any atom is 0.137 e. The van der Waals surface area contributed by atoms with Gasteiger partial charge in [-0.3, -0.25) is 0 Å². The van der Waals surface area contributed by atoms with Gasteiger partial charge in [0, 0.05) is 0 Å². The van der Waals surface area contributed by atoms with Crippen LogP contribution in [0.5, 0.6) is 5.75 Å². The normalized spacial score (nSPS) is 13.0. The largest absolute Gasteiger partial charge is 0.496 e. The fraction of sp³-hybridized carbons (Fsp3) is 0.333. The zero-order chi connectivity index (χ0) is 10.7. The first kappa shape index (κ1) is 12.1. The average molecular weight is 300 g/mol. The van der Waals surface area contributed by atoms with E-state index >= 15 is 0 Å². The van der Waals surface area contributed by atoms with E-state index in [4.69, 9.17) is 27.9 Å². The predicted molar refractivity (Wildman–Crippen MR) is 61.1 cm³/mol. The summed E-state index contributed by atoms with van der Waals surface area (Å²) in [5.41, 5.74) is 0.625. The summed E-state index contributed by atoms with van der Waals surface area (Å²) in [6.45, 7) is 0. The lowest BCUT2D eigenvalue weighted by atomic mass is 10.1. The molecule has 1 unspecified atom stereocenters. The third-order valence-electron chi connectivity index (χ3n) is 1.76. The molecule has 14 heavy (non-hydrogen) atoms. The third-order valence-corrected chi connectivity index (χ3v) is 2.89. The summed E-state index contributed by atoms with van der Waals surface area (Å²) >= 11 is 14.4. The van der Waals surface area contributed by atoms with Crippen LogP contribution < -0.4 is 4.74 Å². The van der Waals surface area contributed by atoms with Gasteiger partial charge >= 0.3 is 0 Å². The number of hydrogen-bond donors (Lipinski definition) is 1. The molecular formula is C9H9BrCl2O2. The van der Waals surface area contributed by atoms with Crippen molar-refractivity contribution in [2.75, 3.05) is 7.11 Å². The van der Waals surface area contributed by atoms with Crippen molar-refractivity contribution in [2.24, 2.45) is 0 Å². The first-order valence-electron chi connectivity index (χ1n) is 3.86. The van der Waals surface area contributed by atoms with Crippen LogP contribution in [0.1, 0.15) is 11.7 Å². The molecule has 5 heteroatoms. The van der Waals surface area contributed by atoms with E-state index in [1.54, 1.807) is 25.3 Å². The molecule has 78 valence electrons. The summed E-state index contributed by atoms with van der Waals surface area (Å²) < 4.78 is 5.89. The SMILES string of the molecule is COc1cc(C(O)C(Cl)Cl)ccc1Br. The van der Waals surface area contributed by atoms with Crippen LogP contribution >= 0.6 is 39.1 Å². The molecule has 0 radical (unpaired) electrons. The smallest absolute Gasteiger partial charge is 0.137 e. The van der Waals surface area contributed by atoms with Gasteiger partial charge in [-0.1, -0.05) is 6.07 Å². The van der Waals surface area contributed by atoms with Crippen molar-refractivity contribution in [1.29, 1.82) is 0 Å². The van der Waals surface area contributed by atoms with Gasteiger partial charge < -0.3 is 9.84 Å². The number of rotatable bonds is 3. The van der Waals surface area contributed by atoms with E-state index in [9.17, 15) is 5.11 Å². The van der Waals surface area contributed by atoms with E-state index in [-0.39, 0.29) is 0 Å². The van der Waals surface area contributed by atoms with E-state index in [1.807, 2.05) is 0 Å². The van der Waals surface area contributed by atoms with Crippen molar-refractivity contribution in [1.82, 2.24) is 0 Å². The molecule has 0 saturated carbocycles. The van der Waals surface area contributed by atoms with Gasteiger partial charge in [0.1, 0.15) is 16.7 Å². The van der Waals surface area contributed by atoms with Crippen LogP contribution in [0.3, 0.4) is 0 Å². The lowest BCUT2D eigenvalue weighted by Gasteiger charge is -2.13. The summed E-state index contributed by atoms with van der Waals surface area (Å²) in [6.07, 6.45) is -0.902. The molecule has 1 atom stereocenters. The van der Waals surface area contributed by atoms with Gasteiger partial charge in [0.05, 0.1) is 11.6 Å². The average Bonchev–Trinajstić information content (AvgIpc) is 2.17. The number of halogens is 3. The van der Waals surface area contributed by atoms with E-state index in [2.05, 4.69) is 15.9 Å². The minimum absolute atomic E-state index is 0.625.